The van der Waals surface area contributed by atoms with E-state index in [0.717, 1.165) is 17.7 Å². The second-order valence-corrected chi connectivity index (χ2v) is 6.19. The molecule has 0 saturated carbocycles. The van der Waals surface area contributed by atoms with Gasteiger partial charge in [-0.15, -0.1) is 11.3 Å². The molecule has 1 aromatic heterocycles. The van der Waals surface area contributed by atoms with Gasteiger partial charge < -0.3 is 10.6 Å². The van der Waals surface area contributed by atoms with Gasteiger partial charge in [0.15, 0.2) is 0 Å². The molecule has 5 heteroatoms. The number of hydrogen-bond donors (Lipinski definition) is 1. The number of carbonyl (C=O) groups excluding carboxylic acids is 2. The molecule has 0 spiro atoms. The van der Waals surface area contributed by atoms with Crippen molar-refractivity contribution in [3.63, 3.8) is 0 Å². The van der Waals surface area contributed by atoms with Gasteiger partial charge in [0.2, 0.25) is 5.91 Å². The SMILES string of the molecule is NC(=O)[C@@H]1CCN(C(=O)c2cc3c(s2)CCC3)C1. The lowest BCUT2D eigenvalue weighted by molar-refractivity contribution is -0.121. The van der Waals surface area contributed by atoms with Gasteiger partial charge in [0.25, 0.3) is 5.91 Å². The number of nitrogens with two attached hydrogens (primary N) is 1. The maximum Gasteiger partial charge on any atom is 0.263 e. The van der Waals surface area contributed by atoms with Crippen molar-refractivity contribution in [1.29, 1.82) is 0 Å². The van der Waals surface area contributed by atoms with Crippen molar-refractivity contribution in [3.05, 3.63) is 21.4 Å². The summed E-state index contributed by atoms with van der Waals surface area (Å²) < 4.78 is 0. The number of rotatable bonds is 2. The number of primary amides is 1. The van der Waals surface area contributed by atoms with Crippen LogP contribution in [0.4, 0.5) is 0 Å². The molecule has 2 N–H and O–H groups in total. The second-order valence-electron chi connectivity index (χ2n) is 5.05. The van der Waals surface area contributed by atoms with Crippen LogP contribution in [-0.2, 0) is 17.6 Å². The van der Waals surface area contributed by atoms with Crippen molar-refractivity contribution in [1.82, 2.24) is 4.90 Å². The molecule has 18 heavy (non-hydrogen) atoms. The molecule has 0 aromatic carbocycles. The summed E-state index contributed by atoms with van der Waals surface area (Å²) in [6.45, 7) is 1.13. The lowest BCUT2D eigenvalue weighted by atomic mass is 10.1. The Kier molecular flexibility index (Phi) is 2.86. The van der Waals surface area contributed by atoms with Crippen LogP contribution in [0.1, 0.15) is 33.0 Å². The fraction of sp³-hybridized carbons (Fsp3) is 0.538. The third kappa shape index (κ3) is 1.92. The van der Waals surface area contributed by atoms with Crippen LogP contribution in [0.15, 0.2) is 6.07 Å². The molecular weight excluding hydrogens is 248 g/mol. The highest BCUT2D eigenvalue weighted by atomic mass is 32.1. The highest BCUT2D eigenvalue weighted by Crippen LogP contribution is 2.32. The fourth-order valence-electron chi connectivity index (χ4n) is 2.77. The highest BCUT2D eigenvalue weighted by Gasteiger charge is 2.31. The normalized spacial score (nSPS) is 22.2. The number of carbonyl (C=O) groups is 2. The predicted molar refractivity (Wildman–Crippen MR) is 69.5 cm³/mol. The zero-order valence-corrected chi connectivity index (χ0v) is 11.0. The van der Waals surface area contributed by atoms with Gasteiger partial charge in [0.1, 0.15) is 0 Å². The highest BCUT2D eigenvalue weighted by molar-refractivity contribution is 7.14. The summed E-state index contributed by atoms with van der Waals surface area (Å²) in [4.78, 5) is 27.4. The summed E-state index contributed by atoms with van der Waals surface area (Å²) in [6, 6.07) is 2.03. The molecule has 2 aliphatic rings. The smallest absolute Gasteiger partial charge is 0.263 e. The fourth-order valence-corrected chi connectivity index (χ4v) is 3.99. The Labute approximate surface area is 110 Å². The molecule has 1 aliphatic heterocycles. The third-order valence-corrected chi connectivity index (χ3v) is 5.06. The van der Waals surface area contributed by atoms with Gasteiger partial charge in [0.05, 0.1) is 10.8 Å². The van der Waals surface area contributed by atoms with Crippen LogP contribution >= 0.6 is 11.3 Å². The Hall–Kier alpha value is -1.36. The van der Waals surface area contributed by atoms with E-state index in [4.69, 9.17) is 5.73 Å². The Balaban J connectivity index is 1.73. The van der Waals surface area contributed by atoms with Crippen LogP contribution in [-0.4, -0.2) is 29.8 Å². The average molecular weight is 264 g/mol. The molecule has 2 amide bonds. The molecule has 0 bridgehead atoms. The molecule has 96 valence electrons. The van der Waals surface area contributed by atoms with E-state index >= 15 is 0 Å². The zero-order chi connectivity index (χ0) is 12.7. The van der Waals surface area contributed by atoms with Crippen LogP contribution < -0.4 is 5.73 Å². The number of aryl methyl sites for hydroxylation is 2. The van der Waals surface area contributed by atoms with E-state index in [1.807, 2.05) is 6.07 Å². The quantitative estimate of drug-likeness (QED) is 0.872. The van der Waals surface area contributed by atoms with E-state index in [-0.39, 0.29) is 17.7 Å². The first-order valence-corrected chi connectivity index (χ1v) is 7.17. The summed E-state index contributed by atoms with van der Waals surface area (Å²) in [7, 11) is 0. The average Bonchev–Trinajstić information content (AvgIpc) is 3.02. The van der Waals surface area contributed by atoms with E-state index in [2.05, 4.69) is 0 Å². The minimum Gasteiger partial charge on any atom is -0.369 e. The lowest BCUT2D eigenvalue weighted by Crippen LogP contribution is -2.31. The van der Waals surface area contributed by atoms with Crippen LogP contribution in [0.2, 0.25) is 0 Å². The van der Waals surface area contributed by atoms with Crippen molar-refractivity contribution in [2.75, 3.05) is 13.1 Å². The Morgan fingerprint density at radius 1 is 1.39 bits per heavy atom. The van der Waals surface area contributed by atoms with E-state index in [1.54, 1.807) is 16.2 Å². The van der Waals surface area contributed by atoms with Crippen LogP contribution in [0.3, 0.4) is 0 Å². The number of thiophene rings is 1. The van der Waals surface area contributed by atoms with E-state index < -0.39 is 0 Å². The van der Waals surface area contributed by atoms with E-state index in [9.17, 15) is 9.59 Å². The molecular formula is C13H16N2O2S. The maximum absolute atomic E-state index is 12.3. The topological polar surface area (TPSA) is 63.4 Å². The first-order chi connectivity index (χ1) is 8.65. The van der Waals surface area contributed by atoms with Gasteiger partial charge >= 0.3 is 0 Å². The van der Waals surface area contributed by atoms with Crippen molar-refractivity contribution in [2.24, 2.45) is 11.7 Å². The minimum absolute atomic E-state index is 0.0677. The number of amides is 2. The number of fused-ring (bicyclic) bond motifs is 1. The first kappa shape index (κ1) is 11.7. The van der Waals surface area contributed by atoms with Gasteiger partial charge in [-0.3, -0.25) is 9.59 Å². The van der Waals surface area contributed by atoms with Gasteiger partial charge in [-0.05, 0) is 37.3 Å². The molecule has 1 fully saturated rings. The van der Waals surface area contributed by atoms with E-state index in [1.165, 1.54) is 16.9 Å². The molecule has 1 saturated heterocycles. The molecule has 4 nitrogen and oxygen atoms in total. The first-order valence-electron chi connectivity index (χ1n) is 6.35. The standard InChI is InChI=1S/C13H16N2O2S/c14-12(16)9-4-5-15(7-9)13(17)11-6-8-2-1-3-10(8)18-11/h6,9H,1-5,7H2,(H2,14,16)/t9-/m1/s1. The molecule has 1 aromatic rings. The van der Waals surface area contributed by atoms with Crippen molar-refractivity contribution < 1.29 is 9.59 Å². The van der Waals surface area contributed by atoms with Gasteiger partial charge in [0, 0.05) is 18.0 Å². The maximum atomic E-state index is 12.3. The summed E-state index contributed by atoms with van der Waals surface area (Å²) >= 11 is 1.62. The Morgan fingerprint density at radius 2 is 2.22 bits per heavy atom. The Bertz CT molecular complexity index is 488. The van der Waals surface area contributed by atoms with Gasteiger partial charge in [-0.2, -0.15) is 0 Å². The molecule has 1 atom stereocenters. The summed E-state index contributed by atoms with van der Waals surface area (Å²) in [5, 5.41) is 0. The third-order valence-electron chi connectivity index (χ3n) is 3.84. The number of nitrogens with zero attached hydrogens (tertiary/aromatic N) is 1. The molecule has 0 unspecified atom stereocenters. The zero-order valence-electron chi connectivity index (χ0n) is 10.1. The second kappa shape index (κ2) is 4.39. The van der Waals surface area contributed by atoms with Crippen LogP contribution in [0, 0.1) is 5.92 Å². The molecule has 3 rings (SSSR count). The lowest BCUT2D eigenvalue weighted by Gasteiger charge is -2.14. The largest absolute Gasteiger partial charge is 0.369 e. The predicted octanol–water partition coefficient (Wildman–Crippen LogP) is 1.18. The van der Waals surface area contributed by atoms with Crippen LogP contribution in [0.5, 0.6) is 0 Å². The molecule has 1 aliphatic carbocycles. The summed E-state index contributed by atoms with van der Waals surface area (Å²) in [5.41, 5.74) is 6.63. The van der Waals surface area contributed by atoms with Crippen LogP contribution in [0.25, 0.3) is 0 Å². The van der Waals surface area contributed by atoms with Crippen molar-refractivity contribution in [3.8, 4) is 0 Å². The van der Waals surface area contributed by atoms with Gasteiger partial charge in [-0.1, -0.05) is 0 Å². The van der Waals surface area contributed by atoms with Crippen molar-refractivity contribution >= 4 is 23.2 Å². The summed E-state index contributed by atoms with van der Waals surface area (Å²) in [5.74, 6) is -0.391. The minimum atomic E-state index is -0.293. The number of likely N-dealkylation sites (tertiary alicyclic amines) is 1. The molecule has 2 heterocycles. The monoisotopic (exact) mass is 264 g/mol. The molecule has 0 radical (unpaired) electrons. The van der Waals surface area contributed by atoms with Gasteiger partial charge in [-0.25, -0.2) is 0 Å². The Morgan fingerprint density at radius 3 is 2.89 bits per heavy atom. The van der Waals surface area contributed by atoms with Crippen molar-refractivity contribution in [2.45, 2.75) is 25.7 Å². The summed E-state index contributed by atoms with van der Waals surface area (Å²) in [6.07, 6.45) is 4.12. The number of hydrogen-bond acceptors (Lipinski definition) is 3. The van der Waals surface area contributed by atoms with E-state index in [0.29, 0.717) is 19.5 Å².